The van der Waals surface area contributed by atoms with E-state index in [2.05, 4.69) is 12.0 Å². The molecule has 0 aromatic carbocycles. The number of rotatable bonds is 0. The smallest absolute Gasteiger partial charge is 0.0649 e. The van der Waals surface area contributed by atoms with E-state index in [4.69, 9.17) is 11.2 Å². The van der Waals surface area contributed by atoms with Crippen molar-refractivity contribution in [1.82, 2.24) is 4.90 Å². The molecule has 1 fully saturated rings. The van der Waals surface area contributed by atoms with Gasteiger partial charge in [0, 0.05) is 37.4 Å². The first-order valence-corrected chi connectivity index (χ1v) is 3.18. The Morgan fingerprint density at radius 1 is 1.30 bits per heavy atom. The van der Waals surface area contributed by atoms with Crippen molar-refractivity contribution in [3.63, 3.8) is 0 Å². The summed E-state index contributed by atoms with van der Waals surface area (Å²) in [7, 11) is 0. The highest BCUT2D eigenvalue weighted by Gasteiger charge is 2.04. The van der Waals surface area contributed by atoms with E-state index < -0.39 is 0 Å². The summed E-state index contributed by atoms with van der Waals surface area (Å²) in [6.07, 6.45) is 6.54. The summed E-state index contributed by atoms with van der Waals surface area (Å²) in [6.45, 7) is 3.17. The molecular formula is C8H8NO. The molecule has 0 unspecified atom stereocenters. The molecule has 0 aromatic heterocycles. The zero-order valence-electron chi connectivity index (χ0n) is 5.68. The lowest BCUT2D eigenvalue weighted by Gasteiger charge is -2.22. The second-order valence-electron chi connectivity index (χ2n) is 1.96. The van der Waals surface area contributed by atoms with E-state index in [1.165, 1.54) is 0 Å². The van der Waals surface area contributed by atoms with E-state index >= 15 is 0 Å². The SMILES string of the molecule is [C]#CC#CN1CCOCC1. The van der Waals surface area contributed by atoms with Gasteiger partial charge in [-0.15, -0.1) is 0 Å². The first-order chi connectivity index (χ1) is 4.93. The molecule has 10 heavy (non-hydrogen) atoms. The Bertz CT molecular complexity index is 188. The third kappa shape index (κ3) is 2.01. The topological polar surface area (TPSA) is 12.5 Å². The van der Waals surface area contributed by atoms with E-state index in [0.717, 1.165) is 26.3 Å². The van der Waals surface area contributed by atoms with Gasteiger partial charge in [0.15, 0.2) is 0 Å². The molecule has 0 aliphatic carbocycles. The second-order valence-corrected chi connectivity index (χ2v) is 1.96. The minimum absolute atomic E-state index is 0.743. The fourth-order valence-corrected chi connectivity index (χ4v) is 0.782. The van der Waals surface area contributed by atoms with E-state index in [-0.39, 0.29) is 0 Å². The van der Waals surface area contributed by atoms with E-state index in [0.29, 0.717) is 0 Å². The van der Waals surface area contributed by atoms with Crippen LogP contribution in [0.1, 0.15) is 0 Å². The van der Waals surface area contributed by atoms with Crippen LogP contribution < -0.4 is 0 Å². The van der Waals surface area contributed by atoms with Crippen molar-refractivity contribution in [1.29, 1.82) is 0 Å². The van der Waals surface area contributed by atoms with Crippen LogP contribution in [0.15, 0.2) is 0 Å². The molecular weight excluding hydrogens is 126 g/mol. The van der Waals surface area contributed by atoms with Gasteiger partial charge in [0.25, 0.3) is 0 Å². The van der Waals surface area contributed by atoms with E-state index in [1.807, 2.05) is 10.8 Å². The Hall–Kier alpha value is -1.12. The summed E-state index contributed by atoms with van der Waals surface area (Å²) in [5.74, 6) is 4.48. The average Bonchev–Trinajstić information content (AvgIpc) is 2.03. The van der Waals surface area contributed by atoms with Crippen molar-refractivity contribution >= 4 is 0 Å². The number of hydrogen-bond acceptors (Lipinski definition) is 2. The number of morpholine rings is 1. The van der Waals surface area contributed by atoms with Crippen LogP contribution in [0.25, 0.3) is 0 Å². The summed E-state index contributed by atoms with van der Waals surface area (Å²) in [5.41, 5.74) is 0. The summed E-state index contributed by atoms with van der Waals surface area (Å²) in [4.78, 5) is 1.94. The maximum Gasteiger partial charge on any atom is 0.0649 e. The maximum absolute atomic E-state index is 6.54. The quantitative estimate of drug-likeness (QED) is 0.428. The molecule has 1 aliphatic rings. The minimum Gasteiger partial charge on any atom is -0.378 e. The second kappa shape index (κ2) is 3.82. The number of nitrogens with zero attached hydrogens (tertiary/aromatic N) is 1. The van der Waals surface area contributed by atoms with Crippen LogP contribution in [0.3, 0.4) is 0 Å². The molecule has 1 aliphatic heterocycles. The van der Waals surface area contributed by atoms with Crippen LogP contribution in [0, 0.1) is 24.3 Å². The predicted molar refractivity (Wildman–Crippen MR) is 37.3 cm³/mol. The Balaban J connectivity index is 2.34. The Morgan fingerprint density at radius 2 is 2.00 bits per heavy atom. The Labute approximate surface area is 61.2 Å². The van der Waals surface area contributed by atoms with Gasteiger partial charge in [0.2, 0.25) is 0 Å². The maximum atomic E-state index is 6.54. The molecule has 0 saturated carbocycles. The van der Waals surface area contributed by atoms with Crippen molar-refractivity contribution < 1.29 is 4.74 Å². The third-order valence-electron chi connectivity index (χ3n) is 1.29. The standard InChI is InChI=1S/C8H8NO/c1-2-3-4-9-5-7-10-8-6-9/h5-8H2. The first-order valence-electron chi connectivity index (χ1n) is 3.18. The van der Waals surface area contributed by atoms with Crippen molar-refractivity contribution in [2.75, 3.05) is 26.3 Å². The normalized spacial score (nSPS) is 16.9. The monoisotopic (exact) mass is 134 g/mol. The van der Waals surface area contributed by atoms with E-state index in [9.17, 15) is 0 Å². The van der Waals surface area contributed by atoms with Gasteiger partial charge in [0.05, 0.1) is 13.2 Å². The highest BCUT2D eigenvalue weighted by molar-refractivity contribution is 5.18. The van der Waals surface area contributed by atoms with Crippen LogP contribution in [-0.2, 0) is 4.74 Å². The number of hydrogen-bond donors (Lipinski definition) is 0. The zero-order chi connectivity index (χ0) is 7.23. The fourth-order valence-electron chi connectivity index (χ4n) is 0.782. The highest BCUT2D eigenvalue weighted by Crippen LogP contribution is 1.92. The van der Waals surface area contributed by atoms with Gasteiger partial charge in [-0.3, -0.25) is 0 Å². The van der Waals surface area contributed by atoms with Gasteiger partial charge in [-0.05, 0) is 0 Å². The summed E-state index contributed by atoms with van der Waals surface area (Å²) < 4.78 is 5.10. The van der Waals surface area contributed by atoms with Crippen LogP contribution in [0.4, 0.5) is 0 Å². The molecule has 0 atom stereocenters. The van der Waals surface area contributed by atoms with Gasteiger partial charge < -0.3 is 9.64 Å². The summed E-state index contributed by atoms with van der Waals surface area (Å²) in [6, 6.07) is 2.78. The lowest BCUT2D eigenvalue weighted by molar-refractivity contribution is 0.0638. The molecule has 1 saturated heterocycles. The highest BCUT2D eigenvalue weighted by atomic mass is 16.5. The Kier molecular flexibility index (Phi) is 2.67. The molecule has 0 bridgehead atoms. The van der Waals surface area contributed by atoms with Crippen LogP contribution in [0.2, 0.25) is 0 Å². The zero-order valence-corrected chi connectivity index (χ0v) is 5.68. The lowest BCUT2D eigenvalue weighted by atomic mass is 10.4. The van der Waals surface area contributed by atoms with Crippen molar-refractivity contribution in [3.05, 3.63) is 6.42 Å². The average molecular weight is 134 g/mol. The van der Waals surface area contributed by atoms with Gasteiger partial charge in [0.1, 0.15) is 0 Å². The van der Waals surface area contributed by atoms with Crippen molar-refractivity contribution in [3.8, 4) is 17.9 Å². The van der Waals surface area contributed by atoms with Gasteiger partial charge in [-0.1, -0.05) is 0 Å². The van der Waals surface area contributed by atoms with Gasteiger partial charge in [-0.25, -0.2) is 0 Å². The molecule has 2 nitrogen and oxygen atoms in total. The van der Waals surface area contributed by atoms with E-state index in [1.54, 1.807) is 0 Å². The lowest BCUT2D eigenvalue weighted by Crippen LogP contribution is -2.32. The first kappa shape index (κ1) is 6.99. The predicted octanol–water partition coefficient (Wildman–Crippen LogP) is -0.131. The minimum atomic E-state index is 0.743. The summed E-state index contributed by atoms with van der Waals surface area (Å²) in [5, 5.41) is 0. The van der Waals surface area contributed by atoms with Gasteiger partial charge >= 0.3 is 0 Å². The van der Waals surface area contributed by atoms with Crippen LogP contribution in [-0.4, -0.2) is 31.2 Å². The van der Waals surface area contributed by atoms with Crippen molar-refractivity contribution in [2.24, 2.45) is 0 Å². The van der Waals surface area contributed by atoms with Crippen molar-refractivity contribution in [2.45, 2.75) is 0 Å². The molecule has 51 valence electrons. The molecule has 2 heteroatoms. The molecule has 0 spiro atoms. The molecule has 1 rings (SSSR count). The third-order valence-corrected chi connectivity index (χ3v) is 1.29. The molecule has 0 aromatic rings. The van der Waals surface area contributed by atoms with Gasteiger partial charge in [-0.2, -0.15) is 0 Å². The summed E-state index contributed by atoms with van der Waals surface area (Å²) >= 11 is 0. The largest absolute Gasteiger partial charge is 0.378 e. The molecule has 1 heterocycles. The molecule has 0 N–H and O–H groups in total. The van der Waals surface area contributed by atoms with Crippen LogP contribution >= 0.6 is 0 Å². The molecule has 0 amide bonds. The molecule has 1 radical (unpaired) electrons. The fraction of sp³-hybridized carbons (Fsp3) is 0.500. The Morgan fingerprint density at radius 3 is 2.60 bits per heavy atom. The number of ether oxygens (including phenoxy) is 1. The van der Waals surface area contributed by atoms with Crippen LogP contribution in [0.5, 0.6) is 0 Å².